The molecule has 4 rings (SSSR count). The van der Waals surface area contributed by atoms with Crippen LogP contribution in [0.15, 0.2) is 36.4 Å². The molecule has 1 aliphatic heterocycles. The highest BCUT2D eigenvalue weighted by Gasteiger charge is 2.26. The molecule has 0 saturated heterocycles. The van der Waals surface area contributed by atoms with E-state index in [-0.39, 0.29) is 23.7 Å². The highest BCUT2D eigenvalue weighted by atomic mass is 32.1. The molecular formula is C26H25NO9S. The molecule has 194 valence electrons. The summed E-state index contributed by atoms with van der Waals surface area (Å²) in [6.45, 7) is 1.44. The lowest BCUT2D eigenvalue weighted by Crippen LogP contribution is -2.22. The topological polar surface area (TPSA) is 119 Å². The minimum Gasteiger partial charge on any atom is -0.493 e. The molecule has 2 heterocycles. The lowest BCUT2D eigenvalue weighted by Gasteiger charge is -2.12. The minimum atomic E-state index is -0.759. The van der Waals surface area contributed by atoms with Gasteiger partial charge < -0.3 is 33.7 Å². The third kappa shape index (κ3) is 5.46. The van der Waals surface area contributed by atoms with E-state index in [1.54, 1.807) is 12.1 Å². The zero-order valence-electron chi connectivity index (χ0n) is 20.7. The van der Waals surface area contributed by atoms with Gasteiger partial charge in [0.2, 0.25) is 6.79 Å². The van der Waals surface area contributed by atoms with Crippen molar-refractivity contribution in [1.29, 1.82) is 0 Å². The van der Waals surface area contributed by atoms with Crippen molar-refractivity contribution < 1.29 is 42.8 Å². The van der Waals surface area contributed by atoms with E-state index in [0.29, 0.717) is 34.2 Å². The van der Waals surface area contributed by atoms with Gasteiger partial charge in [-0.15, -0.1) is 11.3 Å². The van der Waals surface area contributed by atoms with E-state index in [0.717, 1.165) is 10.4 Å². The average molecular weight is 528 g/mol. The first-order valence-electron chi connectivity index (χ1n) is 11.1. The van der Waals surface area contributed by atoms with Crippen LogP contribution in [0.5, 0.6) is 23.0 Å². The number of hydrogen-bond acceptors (Lipinski definition) is 10. The van der Waals surface area contributed by atoms with Crippen molar-refractivity contribution in [3.05, 3.63) is 63.5 Å². The fourth-order valence-electron chi connectivity index (χ4n) is 3.87. The highest BCUT2D eigenvalue weighted by molar-refractivity contribution is 7.16. The first kappa shape index (κ1) is 25.8. The van der Waals surface area contributed by atoms with Gasteiger partial charge in [-0.25, -0.2) is 9.59 Å². The monoisotopic (exact) mass is 527 g/mol. The van der Waals surface area contributed by atoms with Gasteiger partial charge in [-0.1, -0.05) is 12.1 Å². The van der Waals surface area contributed by atoms with E-state index in [2.05, 4.69) is 5.32 Å². The van der Waals surface area contributed by atoms with E-state index in [9.17, 15) is 14.4 Å². The maximum absolute atomic E-state index is 12.7. The number of ether oxygens (including phenoxy) is 6. The number of benzene rings is 2. The molecule has 0 atom stereocenters. The van der Waals surface area contributed by atoms with Crippen molar-refractivity contribution in [1.82, 2.24) is 0 Å². The Morgan fingerprint density at radius 3 is 2.51 bits per heavy atom. The van der Waals surface area contributed by atoms with E-state index < -0.39 is 24.5 Å². The van der Waals surface area contributed by atoms with Gasteiger partial charge in [0.15, 0.2) is 29.6 Å². The quantitative estimate of drug-likeness (QED) is 0.412. The molecule has 0 fully saturated rings. The van der Waals surface area contributed by atoms with E-state index in [1.165, 1.54) is 38.7 Å². The molecular weight excluding hydrogens is 502 g/mol. The van der Waals surface area contributed by atoms with Gasteiger partial charge in [-0.2, -0.15) is 0 Å². The molecule has 1 N–H and O–H groups in total. The van der Waals surface area contributed by atoms with Crippen LogP contribution >= 0.6 is 11.3 Å². The van der Waals surface area contributed by atoms with Crippen molar-refractivity contribution in [2.24, 2.45) is 0 Å². The Bertz CT molecular complexity index is 1350. The molecule has 10 nitrogen and oxygen atoms in total. The first-order valence-corrected chi connectivity index (χ1v) is 11.9. The summed E-state index contributed by atoms with van der Waals surface area (Å²) in [7, 11) is 4.12. The Balaban J connectivity index is 1.49. The van der Waals surface area contributed by atoms with Crippen LogP contribution in [0.4, 0.5) is 5.00 Å². The lowest BCUT2D eigenvalue weighted by atomic mass is 10.0. The van der Waals surface area contributed by atoms with Crippen LogP contribution in [-0.2, 0) is 20.7 Å². The molecule has 0 unspecified atom stereocenters. The van der Waals surface area contributed by atoms with Crippen molar-refractivity contribution in [2.45, 2.75) is 13.3 Å². The second-order valence-electron chi connectivity index (χ2n) is 7.86. The average Bonchev–Trinajstić information content (AvgIpc) is 3.49. The summed E-state index contributed by atoms with van der Waals surface area (Å²) in [5.74, 6) is -0.116. The summed E-state index contributed by atoms with van der Waals surface area (Å²) in [4.78, 5) is 38.8. The predicted molar refractivity (Wildman–Crippen MR) is 134 cm³/mol. The van der Waals surface area contributed by atoms with Crippen LogP contribution in [0.25, 0.3) is 0 Å². The molecule has 0 bridgehead atoms. The molecule has 0 spiro atoms. The van der Waals surface area contributed by atoms with Gasteiger partial charge in [0.25, 0.3) is 5.91 Å². The molecule has 3 aromatic rings. The smallest absolute Gasteiger partial charge is 0.342 e. The molecule has 0 radical (unpaired) electrons. The summed E-state index contributed by atoms with van der Waals surface area (Å²) in [5.41, 5.74) is 1.97. The van der Waals surface area contributed by atoms with E-state index in [4.69, 9.17) is 28.4 Å². The van der Waals surface area contributed by atoms with Crippen LogP contribution in [-0.4, -0.2) is 52.6 Å². The van der Waals surface area contributed by atoms with Crippen molar-refractivity contribution in [2.75, 3.05) is 40.0 Å². The molecule has 11 heteroatoms. The van der Waals surface area contributed by atoms with Gasteiger partial charge in [-0.3, -0.25) is 4.79 Å². The van der Waals surface area contributed by atoms with Gasteiger partial charge in [0, 0.05) is 4.88 Å². The molecule has 37 heavy (non-hydrogen) atoms. The van der Waals surface area contributed by atoms with Gasteiger partial charge in [0.05, 0.1) is 26.9 Å². The van der Waals surface area contributed by atoms with Crippen LogP contribution in [0.3, 0.4) is 0 Å². The van der Waals surface area contributed by atoms with Gasteiger partial charge >= 0.3 is 11.9 Å². The summed E-state index contributed by atoms with van der Waals surface area (Å²) < 4.78 is 31.4. The normalized spacial score (nSPS) is 11.6. The summed E-state index contributed by atoms with van der Waals surface area (Å²) in [6.07, 6.45) is 0.407. The maximum atomic E-state index is 12.7. The minimum absolute atomic E-state index is 0.114. The zero-order chi connectivity index (χ0) is 26.5. The number of amides is 1. The number of thiophene rings is 1. The highest BCUT2D eigenvalue weighted by Crippen LogP contribution is 2.38. The number of nitrogens with one attached hydrogen (secondary N) is 1. The Morgan fingerprint density at radius 1 is 1.00 bits per heavy atom. The molecule has 0 saturated carbocycles. The van der Waals surface area contributed by atoms with Crippen LogP contribution in [0, 0.1) is 6.92 Å². The fourth-order valence-corrected chi connectivity index (χ4v) is 4.95. The van der Waals surface area contributed by atoms with Crippen molar-refractivity contribution >= 4 is 34.2 Å². The molecule has 1 aliphatic rings. The SMILES string of the molecule is COC(=O)c1c(NC(=O)COC(=O)c2cccc(OC)c2OC)sc(C)c1Cc1ccc2c(c1)OCO2. The number of aryl methyl sites for hydroxylation is 1. The summed E-state index contributed by atoms with van der Waals surface area (Å²) in [5, 5.41) is 2.98. The Morgan fingerprint density at radius 2 is 1.78 bits per heavy atom. The summed E-state index contributed by atoms with van der Waals surface area (Å²) in [6, 6.07) is 10.3. The number of fused-ring (bicyclic) bond motifs is 1. The number of carbonyl (C=O) groups excluding carboxylic acids is 3. The predicted octanol–water partition coefficient (Wildman–Crippen LogP) is 3.98. The third-order valence-electron chi connectivity index (χ3n) is 5.63. The number of esters is 2. The maximum Gasteiger partial charge on any atom is 0.342 e. The number of para-hydroxylation sites is 1. The van der Waals surface area contributed by atoms with E-state index >= 15 is 0 Å². The first-order chi connectivity index (χ1) is 17.9. The lowest BCUT2D eigenvalue weighted by molar-refractivity contribution is -0.119. The molecule has 1 amide bonds. The largest absolute Gasteiger partial charge is 0.493 e. The Labute approximate surface area is 217 Å². The van der Waals surface area contributed by atoms with Crippen molar-refractivity contribution in [3.8, 4) is 23.0 Å². The van der Waals surface area contributed by atoms with Crippen LogP contribution in [0.2, 0.25) is 0 Å². The number of carbonyl (C=O) groups is 3. The molecule has 0 aliphatic carbocycles. The van der Waals surface area contributed by atoms with E-state index in [1.807, 2.05) is 25.1 Å². The summed E-state index contributed by atoms with van der Waals surface area (Å²) >= 11 is 1.23. The number of anilines is 1. The fraction of sp³-hybridized carbons (Fsp3) is 0.269. The van der Waals surface area contributed by atoms with Crippen LogP contribution in [0.1, 0.15) is 36.7 Å². The van der Waals surface area contributed by atoms with Crippen LogP contribution < -0.4 is 24.3 Å². The van der Waals surface area contributed by atoms with Crippen molar-refractivity contribution in [3.63, 3.8) is 0 Å². The second-order valence-corrected chi connectivity index (χ2v) is 9.09. The van der Waals surface area contributed by atoms with Gasteiger partial charge in [0.1, 0.15) is 10.6 Å². The molecule has 1 aromatic heterocycles. The second kappa shape index (κ2) is 11.2. The number of rotatable bonds is 9. The molecule has 2 aromatic carbocycles. The Kier molecular flexibility index (Phi) is 7.83. The zero-order valence-corrected chi connectivity index (χ0v) is 21.5. The third-order valence-corrected chi connectivity index (χ3v) is 6.69. The Hall–Kier alpha value is -4.25. The number of methoxy groups -OCH3 is 3. The number of hydrogen-bond donors (Lipinski definition) is 1. The van der Waals surface area contributed by atoms with Gasteiger partial charge in [-0.05, 0) is 48.7 Å². The standard InChI is InChI=1S/C26H25NO9S/c1-14-17(10-15-8-9-18-20(11-15)36-13-35-18)22(26(30)33-4)24(37-14)27-21(28)12-34-25(29)16-6-5-7-19(31-2)23(16)32-3/h5-9,11H,10,12-13H2,1-4H3,(H,27,28).